The van der Waals surface area contributed by atoms with Crippen molar-refractivity contribution < 1.29 is 17.9 Å². The van der Waals surface area contributed by atoms with Crippen molar-refractivity contribution in [3.63, 3.8) is 0 Å². The van der Waals surface area contributed by atoms with Crippen LogP contribution in [0.4, 0.5) is 13.2 Å². The molecular formula is C17H32F3IN4O. The Morgan fingerprint density at radius 3 is 2.46 bits per heavy atom. The molecule has 26 heavy (non-hydrogen) atoms. The normalized spacial score (nSPS) is 23.4. The first-order valence-corrected chi connectivity index (χ1v) is 9.34. The number of hydrogen-bond donors (Lipinski definition) is 2. The molecule has 1 saturated heterocycles. The fraction of sp³-hybridized carbons (Fsp3) is 0.941. The first-order valence-electron chi connectivity index (χ1n) is 9.34. The average Bonchev–Trinajstić information content (AvgIpc) is 2.81. The fourth-order valence-corrected chi connectivity index (χ4v) is 3.54. The highest BCUT2D eigenvalue weighted by Crippen LogP contribution is 2.20. The van der Waals surface area contributed by atoms with Crippen LogP contribution >= 0.6 is 24.0 Å². The number of aliphatic imine (C=N–C) groups is 1. The maximum atomic E-state index is 12.4. The van der Waals surface area contributed by atoms with E-state index in [2.05, 4.69) is 15.6 Å². The van der Waals surface area contributed by atoms with Gasteiger partial charge in [0.15, 0.2) is 5.96 Å². The Hall–Kier alpha value is -0.290. The number of guanidine groups is 1. The van der Waals surface area contributed by atoms with Gasteiger partial charge in [0.1, 0.15) is 0 Å². The molecule has 154 valence electrons. The molecule has 0 radical (unpaired) electrons. The molecule has 0 aromatic carbocycles. The van der Waals surface area contributed by atoms with Gasteiger partial charge in [0.05, 0.1) is 19.3 Å². The van der Waals surface area contributed by atoms with E-state index in [1.165, 1.54) is 30.6 Å². The van der Waals surface area contributed by atoms with Crippen molar-refractivity contribution in [2.75, 3.05) is 39.8 Å². The smallest absolute Gasteiger partial charge is 0.376 e. The van der Waals surface area contributed by atoms with Crippen molar-refractivity contribution >= 4 is 29.9 Å². The standard InChI is InChI=1S/C17H31F3N4O.HI/c1-21-16(22-9-11-25-15-6-4-2-3-5-7-15)23-14-8-10-24(12-14)13-17(18,19)20;/h14-15H,2-13H2,1H3,(H2,21,22,23);1H. The second-order valence-electron chi connectivity index (χ2n) is 6.96. The minimum absolute atomic E-state index is 0. The van der Waals surface area contributed by atoms with Crippen molar-refractivity contribution in [1.29, 1.82) is 0 Å². The molecule has 2 rings (SSSR count). The summed E-state index contributed by atoms with van der Waals surface area (Å²) in [5, 5.41) is 6.39. The van der Waals surface area contributed by atoms with Crippen LogP contribution in [0, 0.1) is 0 Å². The number of hydrogen-bond acceptors (Lipinski definition) is 3. The number of likely N-dealkylation sites (tertiary alicyclic amines) is 1. The van der Waals surface area contributed by atoms with Gasteiger partial charge in [0.2, 0.25) is 0 Å². The molecule has 0 bridgehead atoms. The Balaban J connectivity index is 0.00000338. The predicted molar refractivity (Wildman–Crippen MR) is 108 cm³/mol. The molecule has 5 nitrogen and oxygen atoms in total. The van der Waals surface area contributed by atoms with Gasteiger partial charge in [0, 0.05) is 32.7 Å². The van der Waals surface area contributed by atoms with Crippen LogP contribution < -0.4 is 10.6 Å². The van der Waals surface area contributed by atoms with Crippen molar-refractivity contribution in [2.45, 2.75) is 63.3 Å². The summed E-state index contributed by atoms with van der Waals surface area (Å²) < 4.78 is 43.2. The number of nitrogens with one attached hydrogen (secondary N) is 2. The van der Waals surface area contributed by atoms with Crippen molar-refractivity contribution in [3.8, 4) is 0 Å². The van der Waals surface area contributed by atoms with E-state index in [0.29, 0.717) is 44.7 Å². The van der Waals surface area contributed by atoms with E-state index in [-0.39, 0.29) is 30.0 Å². The van der Waals surface area contributed by atoms with Crippen LogP contribution in [-0.4, -0.2) is 69.0 Å². The molecule has 0 amide bonds. The average molecular weight is 492 g/mol. The number of ether oxygens (including phenoxy) is 1. The summed E-state index contributed by atoms with van der Waals surface area (Å²) in [6.45, 7) is 1.27. The minimum Gasteiger partial charge on any atom is -0.376 e. The van der Waals surface area contributed by atoms with Crippen LogP contribution in [-0.2, 0) is 4.74 Å². The third kappa shape index (κ3) is 9.59. The van der Waals surface area contributed by atoms with Crippen LogP contribution in [0.15, 0.2) is 4.99 Å². The van der Waals surface area contributed by atoms with E-state index in [1.807, 2.05) is 0 Å². The Kier molecular flexibility index (Phi) is 11.2. The highest BCUT2D eigenvalue weighted by Gasteiger charge is 2.34. The van der Waals surface area contributed by atoms with Crippen molar-refractivity contribution in [2.24, 2.45) is 4.99 Å². The van der Waals surface area contributed by atoms with Gasteiger partial charge < -0.3 is 15.4 Å². The van der Waals surface area contributed by atoms with Gasteiger partial charge in [-0.1, -0.05) is 25.7 Å². The van der Waals surface area contributed by atoms with E-state index >= 15 is 0 Å². The molecule has 0 spiro atoms. The van der Waals surface area contributed by atoms with Gasteiger partial charge in [-0.2, -0.15) is 13.2 Å². The van der Waals surface area contributed by atoms with Crippen LogP contribution in [0.1, 0.15) is 44.9 Å². The SMILES string of the molecule is CN=C(NCCOC1CCCCCC1)NC1CCN(CC(F)(F)F)C1.I. The molecule has 0 aromatic heterocycles. The van der Waals surface area contributed by atoms with Crippen LogP contribution in [0.2, 0.25) is 0 Å². The van der Waals surface area contributed by atoms with Crippen LogP contribution in [0.3, 0.4) is 0 Å². The maximum Gasteiger partial charge on any atom is 0.401 e. The molecule has 1 aliphatic heterocycles. The lowest BCUT2D eigenvalue weighted by atomic mass is 10.1. The maximum absolute atomic E-state index is 12.4. The first-order chi connectivity index (χ1) is 12.0. The van der Waals surface area contributed by atoms with Crippen LogP contribution in [0.5, 0.6) is 0 Å². The molecule has 2 aliphatic rings. The zero-order chi connectivity index (χ0) is 18.1. The lowest BCUT2D eigenvalue weighted by Crippen LogP contribution is -2.46. The van der Waals surface area contributed by atoms with E-state index < -0.39 is 12.7 Å². The molecule has 1 atom stereocenters. The van der Waals surface area contributed by atoms with E-state index in [9.17, 15) is 13.2 Å². The lowest BCUT2D eigenvalue weighted by Gasteiger charge is -2.20. The molecule has 2 N–H and O–H groups in total. The zero-order valence-electron chi connectivity index (χ0n) is 15.5. The van der Waals surface area contributed by atoms with Crippen LogP contribution in [0.25, 0.3) is 0 Å². The van der Waals surface area contributed by atoms with Gasteiger partial charge in [0.25, 0.3) is 0 Å². The van der Waals surface area contributed by atoms with Crippen molar-refractivity contribution in [1.82, 2.24) is 15.5 Å². The molecular weight excluding hydrogens is 460 g/mol. The quantitative estimate of drug-likeness (QED) is 0.197. The summed E-state index contributed by atoms with van der Waals surface area (Å²) in [6.07, 6.45) is 4.32. The Bertz CT molecular complexity index is 415. The van der Waals surface area contributed by atoms with Gasteiger partial charge >= 0.3 is 6.18 Å². The number of alkyl halides is 3. The topological polar surface area (TPSA) is 48.9 Å². The minimum atomic E-state index is -4.13. The van der Waals surface area contributed by atoms with Gasteiger partial charge in [-0.05, 0) is 19.3 Å². The highest BCUT2D eigenvalue weighted by molar-refractivity contribution is 14.0. The fourth-order valence-electron chi connectivity index (χ4n) is 3.54. The van der Waals surface area contributed by atoms with Gasteiger partial charge in [-0.15, -0.1) is 24.0 Å². The summed E-state index contributed by atoms with van der Waals surface area (Å²) >= 11 is 0. The van der Waals surface area contributed by atoms with Crippen molar-refractivity contribution in [3.05, 3.63) is 0 Å². The number of rotatable bonds is 6. The monoisotopic (exact) mass is 492 g/mol. The molecule has 1 heterocycles. The molecule has 1 unspecified atom stereocenters. The molecule has 9 heteroatoms. The zero-order valence-corrected chi connectivity index (χ0v) is 17.8. The van der Waals surface area contributed by atoms with E-state index in [4.69, 9.17) is 4.74 Å². The third-order valence-corrected chi connectivity index (χ3v) is 4.79. The lowest BCUT2D eigenvalue weighted by molar-refractivity contribution is -0.143. The van der Waals surface area contributed by atoms with Gasteiger partial charge in [-0.3, -0.25) is 9.89 Å². The summed E-state index contributed by atoms with van der Waals surface area (Å²) in [5.74, 6) is 0.628. The Morgan fingerprint density at radius 1 is 1.15 bits per heavy atom. The predicted octanol–water partition coefficient (Wildman–Crippen LogP) is 3.15. The molecule has 0 aromatic rings. The number of nitrogens with zero attached hydrogens (tertiary/aromatic N) is 2. The largest absolute Gasteiger partial charge is 0.401 e. The molecule has 2 fully saturated rings. The molecule has 1 saturated carbocycles. The Labute approximate surface area is 171 Å². The summed E-state index contributed by atoms with van der Waals surface area (Å²) in [4.78, 5) is 5.58. The summed E-state index contributed by atoms with van der Waals surface area (Å²) in [5.41, 5.74) is 0. The third-order valence-electron chi connectivity index (χ3n) is 4.79. The molecule has 1 aliphatic carbocycles. The second kappa shape index (κ2) is 12.2. The first kappa shape index (κ1) is 23.7. The Morgan fingerprint density at radius 2 is 1.85 bits per heavy atom. The highest BCUT2D eigenvalue weighted by atomic mass is 127. The van der Waals surface area contributed by atoms with E-state index in [0.717, 1.165) is 12.8 Å². The summed E-state index contributed by atoms with van der Waals surface area (Å²) in [7, 11) is 1.67. The summed E-state index contributed by atoms with van der Waals surface area (Å²) in [6, 6.07) is -0.00340. The second-order valence-corrected chi connectivity index (χ2v) is 6.96. The van der Waals surface area contributed by atoms with E-state index in [1.54, 1.807) is 7.05 Å². The number of halogens is 4. The van der Waals surface area contributed by atoms with Gasteiger partial charge in [-0.25, -0.2) is 0 Å².